The van der Waals surface area contributed by atoms with Gasteiger partial charge in [-0.05, 0) is 19.4 Å². The Morgan fingerprint density at radius 1 is 1.39 bits per heavy atom. The number of thiazole rings is 1. The van der Waals surface area contributed by atoms with Gasteiger partial charge in [0.2, 0.25) is 5.91 Å². The fourth-order valence-electron chi connectivity index (χ4n) is 1.36. The van der Waals surface area contributed by atoms with Crippen LogP contribution in [-0.2, 0) is 11.3 Å². The lowest BCUT2D eigenvalue weighted by atomic mass is 10.2. The van der Waals surface area contributed by atoms with Crippen LogP contribution in [0.1, 0.15) is 41.2 Å². The molecule has 7 heteroatoms. The second-order valence-electron chi connectivity index (χ2n) is 3.81. The lowest BCUT2D eigenvalue weighted by Crippen LogP contribution is -2.22. The highest BCUT2D eigenvalue weighted by Gasteiger charge is 2.09. The second-order valence-corrected chi connectivity index (χ2v) is 4.75. The van der Waals surface area contributed by atoms with E-state index < -0.39 is 5.97 Å². The number of hydrogen-bond donors (Lipinski definition) is 3. The topological polar surface area (TPSA) is 105 Å². The molecule has 1 heterocycles. The van der Waals surface area contributed by atoms with Gasteiger partial charge < -0.3 is 16.2 Å². The van der Waals surface area contributed by atoms with Crippen molar-refractivity contribution in [3.05, 3.63) is 16.1 Å². The first-order valence-electron chi connectivity index (χ1n) is 5.78. The number of aromatic carboxylic acids is 1. The van der Waals surface area contributed by atoms with Crippen molar-refractivity contribution in [3.8, 4) is 0 Å². The van der Waals surface area contributed by atoms with E-state index in [0.717, 1.165) is 19.3 Å². The van der Waals surface area contributed by atoms with Gasteiger partial charge in [-0.3, -0.25) is 4.79 Å². The fourth-order valence-corrected chi connectivity index (χ4v) is 2.07. The zero-order valence-corrected chi connectivity index (χ0v) is 10.8. The molecular formula is C11H17N3O3S. The first-order chi connectivity index (χ1) is 8.63. The molecule has 0 fully saturated rings. The Hall–Kier alpha value is -1.47. The van der Waals surface area contributed by atoms with Gasteiger partial charge in [0.1, 0.15) is 5.01 Å². The Bertz CT molecular complexity index is 406. The first kappa shape index (κ1) is 14.6. The summed E-state index contributed by atoms with van der Waals surface area (Å²) in [6.45, 7) is 0.937. The fraction of sp³-hybridized carbons (Fsp3) is 0.545. The monoisotopic (exact) mass is 271 g/mol. The van der Waals surface area contributed by atoms with Gasteiger partial charge in [0.25, 0.3) is 0 Å². The predicted octanol–water partition coefficient (Wildman–Crippen LogP) is 0.977. The molecule has 1 aromatic heterocycles. The largest absolute Gasteiger partial charge is 0.476 e. The summed E-state index contributed by atoms with van der Waals surface area (Å²) in [4.78, 5) is 25.9. The highest BCUT2D eigenvalue weighted by Crippen LogP contribution is 2.09. The van der Waals surface area contributed by atoms with Crippen molar-refractivity contribution in [1.82, 2.24) is 10.3 Å². The van der Waals surface area contributed by atoms with Crippen molar-refractivity contribution in [2.45, 2.75) is 32.2 Å². The quantitative estimate of drug-likeness (QED) is 0.611. The van der Waals surface area contributed by atoms with E-state index >= 15 is 0 Å². The third-order valence-corrected chi connectivity index (χ3v) is 3.16. The minimum absolute atomic E-state index is 0.0206. The van der Waals surface area contributed by atoms with E-state index in [-0.39, 0.29) is 18.1 Å². The van der Waals surface area contributed by atoms with Crippen LogP contribution >= 0.6 is 11.3 Å². The number of amides is 1. The van der Waals surface area contributed by atoms with Crippen LogP contribution in [0.15, 0.2) is 5.38 Å². The molecule has 0 aliphatic heterocycles. The Kier molecular flexibility index (Phi) is 6.31. The molecule has 0 atom stereocenters. The predicted molar refractivity (Wildman–Crippen MR) is 68.4 cm³/mol. The number of aromatic nitrogens is 1. The summed E-state index contributed by atoms with van der Waals surface area (Å²) < 4.78 is 0. The van der Waals surface area contributed by atoms with Crippen LogP contribution in [0.2, 0.25) is 0 Å². The van der Waals surface area contributed by atoms with Gasteiger partial charge in [0.15, 0.2) is 5.69 Å². The minimum Gasteiger partial charge on any atom is -0.476 e. The van der Waals surface area contributed by atoms with Gasteiger partial charge in [0, 0.05) is 11.8 Å². The highest BCUT2D eigenvalue weighted by molar-refractivity contribution is 7.09. The summed E-state index contributed by atoms with van der Waals surface area (Å²) in [6, 6.07) is 0. The molecule has 0 aliphatic rings. The molecule has 0 saturated carbocycles. The summed E-state index contributed by atoms with van der Waals surface area (Å²) in [5.74, 6) is -1.09. The van der Waals surface area contributed by atoms with E-state index in [1.807, 2.05) is 0 Å². The molecular weight excluding hydrogens is 254 g/mol. The molecule has 0 spiro atoms. The lowest BCUT2D eigenvalue weighted by molar-refractivity contribution is -0.121. The lowest BCUT2D eigenvalue weighted by Gasteiger charge is -2.02. The maximum atomic E-state index is 11.4. The average Bonchev–Trinajstić information content (AvgIpc) is 2.81. The van der Waals surface area contributed by atoms with Crippen LogP contribution in [0.4, 0.5) is 0 Å². The van der Waals surface area contributed by atoms with Crippen molar-refractivity contribution < 1.29 is 14.7 Å². The van der Waals surface area contributed by atoms with Gasteiger partial charge >= 0.3 is 5.97 Å². The number of hydrogen-bond acceptors (Lipinski definition) is 5. The van der Waals surface area contributed by atoms with E-state index in [1.165, 1.54) is 16.7 Å². The first-order valence-corrected chi connectivity index (χ1v) is 6.66. The molecule has 100 valence electrons. The normalized spacial score (nSPS) is 10.3. The van der Waals surface area contributed by atoms with Crippen LogP contribution in [-0.4, -0.2) is 28.5 Å². The van der Waals surface area contributed by atoms with Crippen molar-refractivity contribution in [2.75, 3.05) is 6.54 Å². The van der Waals surface area contributed by atoms with Gasteiger partial charge in [-0.25, -0.2) is 9.78 Å². The number of carboxylic acid groups (broad SMARTS) is 1. The molecule has 1 aromatic rings. The van der Waals surface area contributed by atoms with Gasteiger partial charge in [-0.2, -0.15) is 0 Å². The van der Waals surface area contributed by atoms with Crippen molar-refractivity contribution in [2.24, 2.45) is 5.73 Å². The summed E-state index contributed by atoms with van der Waals surface area (Å²) in [6.07, 6.45) is 3.17. The van der Waals surface area contributed by atoms with E-state index in [4.69, 9.17) is 10.8 Å². The minimum atomic E-state index is -1.05. The molecule has 0 radical (unpaired) electrons. The Morgan fingerprint density at radius 2 is 2.17 bits per heavy atom. The Morgan fingerprint density at radius 3 is 2.78 bits per heavy atom. The summed E-state index contributed by atoms with van der Waals surface area (Å²) in [5.41, 5.74) is 5.37. The van der Waals surface area contributed by atoms with Crippen molar-refractivity contribution in [3.63, 3.8) is 0 Å². The molecule has 6 nitrogen and oxygen atoms in total. The zero-order chi connectivity index (χ0) is 13.4. The van der Waals surface area contributed by atoms with Crippen molar-refractivity contribution >= 4 is 23.2 Å². The molecule has 0 aromatic carbocycles. The number of carbonyl (C=O) groups is 2. The number of nitrogens with two attached hydrogens (primary N) is 1. The van der Waals surface area contributed by atoms with Crippen LogP contribution in [0.3, 0.4) is 0 Å². The number of nitrogens with zero attached hydrogens (tertiary/aromatic N) is 1. The SMILES string of the molecule is NCCCCCC(=O)NCc1nc(C(=O)O)cs1. The molecule has 1 rings (SSSR count). The van der Waals surface area contributed by atoms with Crippen LogP contribution in [0.25, 0.3) is 0 Å². The smallest absolute Gasteiger partial charge is 0.355 e. The molecule has 4 N–H and O–H groups in total. The molecule has 0 saturated heterocycles. The number of carbonyl (C=O) groups excluding carboxylic acids is 1. The average molecular weight is 271 g/mol. The summed E-state index contributed by atoms with van der Waals surface area (Å²) in [7, 11) is 0. The van der Waals surface area contributed by atoms with E-state index in [0.29, 0.717) is 18.0 Å². The van der Waals surface area contributed by atoms with E-state index in [9.17, 15) is 9.59 Å². The number of carboxylic acids is 1. The molecule has 0 bridgehead atoms. The summed E-state index contributed by atoms with van der Waals surface area (Å²) >= 11 is 1.23. The molecule has 18 heavy (non-hydrogen) atoms. The van der Waals surface area contributed by atoms with E-state index in [1.54, 1.807) is 0 Å². The van der Waals surface area contributed by atoms with Gasteiger partial charge in [-0.1, -0.05) is 6.42 Å². The summed E-state index contributed by atoms with van der Waals surface area (Å²) in [5, 5.41) is 13.5. The number of nitrogens with one attached hydrogen (secondary N) is 1. The maximum absolute atomic E-state index is 11.4. The Labute approximate surface area is 109 Å². The third kappa shape index (κ3) is 5.24. The van der Waals surface area contributed by atoms with E-state index in [2.05, 4.69) is 10.3 Å². The zero-order valence-electron chi connectivity index (χ0n) is 10.0. The number of rotatable bonds is 8. The molecule has 0 unspecified atom stereocenters. The van der Waals surface area contributed by atoms with Gasteiger partial charge in [-0.15, -0.1) is 11.3 Å². The van der Waals surface area contributed by atoms with Crippen LogP contribution in [0, 0.1) is 0 Å². The molecule has 0 aliphatic carbocycles. The highest BCUT2D eigenvalue weighted by atomic mass is 32.1. The van der Waals surface area contributed by atoms with Gasteiger partial charge in [0.05, 0.1) is 6.54 Å². The van der Waals surface area contributed by atoms with Crippen molar-refractivity contribution in [1.29, 1.82) is 0 Å². The maximum Gasteiger partial charge on any atom is 0.355 e. The van der Waals surface area contributed by atoms with Crippen LogP contribution in [0.5, 0.6) is 0 Å². The second kappa shape index (κ2) is 7.78. The standard InChI is InChI=1S/C11H17N3O3S/c12-5-3-1-2-4-9(15)13-6-10-14-8(7-18-10)11(16)17/h7H,1-6,12H2,(H,13,15)(H,16,17). The van der Waals surface area contributed by atoms with Crippen LogP contribution < -0.4 is 11.1 Å². The third-order valence-electron chi connectivity index (χ3n) is 2.32. The Balaban J connectivity index is 2.23. The molecule has 1 amide bonds. The number of unbranched alkanes of at least 4 members (excludes halogenated alkanes) is 2.